The van der Waals surface area contributed by atoms with Gasteiger partial charge in [0.05, 0.1) is 10.6 Å². The molecule has 1 aromatic rings. The smallest absolute Gasteiger partial charge is 0.338 e. The number of amides is 1. The lowest BCUT2D eigenvalue weighted by Crippen LogP contribution is -2.38. The first-order valence-electron chi connectivity index (χ1n) is 8.38. The molecule has 144 valence electrons. The van der Waals surface area contributed by atoms with E-state index in [1.807, 2.05) is 20.8 Å². The molecule has 7 nitrogen and oxygen atoms in total. The fraction of sp³-hybridized carbons (Fsp3) is 0.529. The highest BCUT2D eigenvalue weighted by molar-refractivity contribution is 7.89. The third-order valence-electron chi connectivity index (χ3n) is 4.08. The van der Waals surface area contributed by atoms with E-state index < -0.39 is 28.5 Å². The van der Waals surface area contributed by atoms with Crippen molar-refractivity contribution in [2.75, 3.05) is 6.61 Å². The van der Waals surface area contributed by atoms with Crippen molar-refractivity contribution < 1.29 is 22.7 Å². The van der Waals surface area contributed by atoms with Crippen LogP contribution in [0.15, 0.2) is 23.1 Å². The van der Waals surface area contributed by atoms with Crippen LogP contribution in [0.2, 0.25) is 5.02 Å². The van der Waals surface area contributed by atoms with E-state index in [2.05, 4.69) is 10.0 Å². The molecule has 0 spiro atoms. The van der Waals surface area contributed by atoms with Gasteiger partial charge in [0.2, 0.25) is 10.0 Å². The Bertz CT molecular complexity index is 790. The molecule has 0 saturated heterocycles. The second kappa shape index (κ2) is 8.37. The molecule has 1 saturated carbocycles. The minimum Gasteiger partial charge on any atom is -0.452 e. The summed E-state index contributed by atoms with van der Waals surface area (Å²) in [4.78, 5) is 23.7. The van der Waals surface area contributed by atoms with Crippen LogP contribution in [0.4, 0.5) is 0 Å². The monoisotopic (exact) mass is 402 g/mol. The first kappa shape index (κ1) is 20.7. The zero-order valence-corrected chi connectivity index (χ0v) is 16.5. The zero-order chi connectivity index (χ0) is 19.5. The van der Waals surface area contributed by atoms with Gasteiger partial charge in [-0.15, -0.1) is 0 Å². The lowest BCUT2D eigenvalue weighted by Gasteiger charge is -2.17. The van der Waals surface area contributed by atoms with Gasteiger partial charge in [0, 0.05) is 12.1 Å². The second-order valence-electron chi connectivity index (χ2n) is 6.72. The maximum absolute atomic E-state index is 12.3. The quantitative estimate of drug-likeness (QED) is 0.648. The van der Waals surface area contributed by atoms with Gasteiger partial charge >= 0.3 is 5.97 Å². The molecule has 1 amide bonds. The SMILES string of the molecule is CC(C)[C@H](C)NC(=O)COC(=O)c1ccc(Cl)c(S(=O)(=O)NC2CC2)c1. The Morgan fingerprint density at radius 1 is 1.27 bits per heavy atom. The largest absolute Gasteiger partial charge is 0.452 e. The van der Waals surface area contributed by atoms with Crippen LogP contribution in [0.25, 0.3) is 0 Å². The van der Waals surface area contributed by atoms with Gasteiger partial charge < -0.3 is 10.1 Å². The van der Waals surface area contributed by atoms with Crippen molar-refractivity contribution >= 4 is 33.5 Å². The van der Waals surface area contributed by atoms with E-state index in [1.165, 1.54) is 12.1 Å². The maximum atomic E-state index is 12.3. The summed E-state index contributed by atoms with van der Waals surface area (Å²) in [5, 5.41) is 2.73. The molecule has 0 aromatic heterocycles. The van der Waals surface area contributed by atoms with Gasteiger partial charge in [-0.2, -0.15) is 0 Å². The summed E-state index contributed by atoms with van der Waals surface area (Å²) in [5.41, 5.74) is 0.00952. The van der Waals surface area contributed by atoms with E-state index in [0.717, 1.165) is 18.9 Å². The van der Waals surface area contributed by atoms with Crippen molar-refractivity contribution in [2.45, 2.75) is 50.6 Å². The van der Waals surface area contributed by atoms with Crippen molar-refractivity contribution in [1.29, 1.82) is 0 Å². The molecule has 1 aliphatic carbocycles. The molecule has 0 unspecified atom stereocenters. The zero-order valence-electron chi connectivity index (χ0n) is 14.9. The Balaban J connectivity index is 2.03. The van der Waals surface area contributed by atoms with E-state index in [-0.39, 0.29) is 33.5 Å². The predicted molar refractivity (Wildman–Crippen MR) is 97.5 cm³/mol. The van der Waals surface area contributed by atoms with E-state index in [1.54, 1.807) is 0 Å². The van der Waals surface area contributed by atoms with Crippen LogP contribution in [-0.2, 0) is 19.6 Å². The van der Waals surface area contributed by atoms with Crippen molar-refractivity contribution in [3.63, 3.8) is 0 Å². The third-order valence-corrected chi connectivity index (χ3v) is 6.08. The van der Waals surface area contributed by atoms with Crippen molar-refractivity contribution in [3.8, 4) is 0 Å². The molecule has 2 N–H and O–H groups in total. The standard InChI is InChI=1S/C17H23ClN2O5S/c1-10(2)11(3)19-16(21)9-25-17(22)12-4-7-14(18)15(8-12)26(23,24)20-13-5-6-13/h4,7-8,10-11,13,20H,5-6,9H2,1-3H3,(H,19,21)/t11-/m0/s1. The van der Waals surface area contributed by atoms with Gasteiger partial charge in [-0.1, -0.05) is 25.4 Å². The molecule has 0 radical (unpaired) electrons. The summed E-state index contributed by atoms with van der Waals surface area (Å²) < 4.78 is 32.1. The highest BCUT2D eigenvalue weighted by atomic mass is 35.5. The van der Waals surface area contributed by atoms with Gasteiger partial charge in [-0.25, -0.2) is 17.9 Å². The molecule has 2 rings (SSSR count). The summed E-state index contributed by atoms with van der Waals surface area (Å²) >= 11 is 5.97. The van der Waals surface area contributed by atoms with Crippen LogP contribution in [0, 0.1) is 5.92 Å². The topological polar surface area (TPSA) is 102 Å². The van der Waals surface area contributed by atoms with Gasteiger partial charge in [-0.3, -0.25) is 4.79 Å². The summed E-state index contributed by atoms with van der Waals surface area (Å²) in [7, 11) is -3.81. The Hall–Kier alpha value is -1.64. The minimum atomic E-state index is -3.81. The van der Waals surface area contributed by atoms with Crippen molar-refractivity contribution in [2.24, 2.45) is 5.92 Å². The number of rotatable bonds is 8. The predicted octanol–water partition coefficient (Wildman–Crippen LogP) is 2.10. The molecule has 0 bridgehead atoms. The fourth-order valence-corrected chi connectivity index (χ4v) is 3.83. The van der Waals surface area contributed by atoms with E-state index in [0.29, 0.717) is 0 Å². The number of carbonyl (C=O) groups excluding carboxylic acids is 2. The Labute approximate surface area is 158 Å². The number of halogens is 1. The molecule has 0 aliphatic heterocycles. The minimum absolute atomic E-state index is 0.00952. The summed E-state index contributed by atoms with van der Waals surface area (Å²) in [5.74, 6) is -0.966. The molecule has 9 heteroatoms. The maximum Gasteiger partial charge on any atom is 0.338 e. The molecular formula is C17H23ClN2O5S. The molecule has 1 fully saturated rings. The normalized spacial score (nSPS) is 15.6. The lowest BCUT2D eigenvalue weighted by atomic mass is 10.1. The molecule has 26 heavy (non-hydrogen) atoms. The number of nitrogens with one attached hydrogen (secondary N) is 2. The number of carbonyl (C=O) groups is 2. The van der Waals surface area contributed by atoms with Gasteiger partial charge in [0.15, 0.2) is 6.61 Å². The van der Waals surface area contributed by atoms with E-state index in [4.69, 9.17) is 16.3 Å². The fourth-order valence-electron chi connectivity index (χ4n) is 2.00. The van der Waals surface area contributed by atoms with Crippen LogP contribution in [-0.4, -0.2) is 39.0 Å². The Morgan fingerprint density at radius 2 is 1.92 bits per heavy atom. The van der Waals surface area contributed by atoms with E-state index >= 15 is 0 Å². The number of benzene rings is 1. The third kappa shape index (κ3) is 5.69. The highest BCUT2D eigenvalue weighted by Gasteiger charge is 2.29. The molecule has 1 aliphatic rings. The molecular weight excluding hydrogens is 380 g/mol. The van der Waals surface area contributed by atoms with Crippen molar-refractivity contribution in [1.82, 2.24) is 10.0 Å². The van der Waals surface area contributed by atoms with Gasteiger partial charge in [-0.05, 0) is 43.9 Å². The molecule has 1 atom stereocenters. The number of ether oxygens (including phenoxy) is 1. The van der Waals surface area contributed by atoms with Crippen molar-refractivity contribution in [3.05, 3.63) is 28.8 Å². The Kier molecular flexibility index (Phi) is 6.65. The van der Waals surface area contributed by atoms with Gasteiger partial charge in [0.25, 0.3) is 5.91 Å². The summed E-state index contributed by atoms with van der Waals surface area (Å²) in [6.45, 7) is 5.33. The lowest BCUT2D eigenvalue weighted by molar-refractivity contribution is -0.125. The number of esters is 1. The second-order valence-corrected chi connectivity index (χ2v) is 8.81. The van der Waals surface area contributed by atoms with Crippen LogP contribution < -0.4 is 10.0 Å². The summed E-state index contributed by atoms with van der Waals surface area (Å²) in [6, 6.07) is 3.69. The van der Waals surface area contributed by atoms with Crippen LogP contribution >= 0.6 is 11.6 Å². The molecule has 1 aromatic carbocycles. The number of hydrogen-bond acceptors (Lipinski definition) is 5. The first-order valence-corrected chi connectivity index (χ1v) is 10.2. The molecule has 0 heterocycles. The average molecular weight is 403 g/mol. The first-order chi connectivity index (χ1) is 12.1. The summed E-state index contributed by atoms with van der Waals surface area (Å²) in [6.07, 6.45) is 1.56. The van der Waals surface area contributed by atoms with Gasteiger partial charge in [0.1, 0.15) is 4.90 Å². The number of sulfonamides is 1. The highest BCUT2D eigenvalue weighted by Crippen LogP contribution is 2.27. The van der Waals surface area contributed by atoms with E-state index in [9.17, 15) is 18.0 Å². The van der Waals surface area contributed by atoms with Crippen LogP contribution in [0.3, 0.4) is 0 Å². The van der Waals surface area contributed by atoms with Crippen LogP contribution in [0.5, 0.6) is 0 Å². The Morgan fingerprint density at radius 3 is 2.50 bits per heavy atom. The number of hydrogen-bond donors (Lipinski definition) is 2. The average Bonchev–Trinajstić information content (AvgIpc) is 3.35. The van der Waals surface area contributed by atoms with Crippen LogP contribution in [0.1, 0.15) is 44.0 Å².